The predicted molar refractivity (Wildman–Crippen MR) is 153 cm³/mol. The van der Waals surface area contributed by atoms with E-state index in [1.807, 2.05) is 74.5 Å². The minimum Gasteiger partial charge on any atom is -0.352 e. The minimum absolute atomic E-state index is 0.0276. The van der Waals surface area contributed by atoms with Crippen LogP contribution in [-0.2, 0) is 5.41 Å². The van der Waals surface area contributed by atoms with Crippen molar-refractivity contribution in [3.8, 4) is 11.3 Å². The van der Waals surface area contributed by atoms with Crippen LogP contribution in [0.2, 0.25) is 0 Å². The summed E-state index contributed by atoms with van der Waals surface area (Å²) in [6.45, 7) is 10.9. The maximum Gasteiger partial charge on any atom is 0.255 e. The lowest BCUT2D eigenvalue weighted by Crippen LogP contribution is -2.22. The zero-order valence-electron chi connectivity index (χ0n) is 22.4. The van der Waals surface area contributed by atoms with E-state index in [1.54, 1.807) is 18.3 Å². The number of benzene rings is 3. The van der Waals surface area contributed by atoms with Crippen LogP contribution >= 0.6 is 0 Å². The lowest BCUT2D eigenvalue weighted by Gasteiger charge is -2.19. The molecule has 2 amide bonds. The van der Waals surface area contributed by atoms with E-state index in [2.05, 4.69) is 46.7 Å². The van der Waals surface area contributed by atoms with E-state index in [0.717, 1.165) is 28.2 Å². The Hall–Kier alpha value is -4.52. The average molecular weight is 508 g/mol. The number of hydrogen-bond donors (Lipinski definition) is 3. The van der Waals surface area contributed by atoms with E-state index in [9.17, 15) is 9.59 Å². The van der Waals surface area contributed by atoms with Crippen molar-refractivity contribution in [1.29, 1.82) is 0 Å². The summed E-state index contributed by atoms with van der Waals surface area (Å²) in [7, 11) is 0. The normalized spacial score (nSPS) is 11.1. The van der Waals surface area contributed by atoms with E-state index in [-0.39, 0.29) is 17.2 Å². The average Bonchev–Trinajstić information content (AvgIpc) is 2.90. The van der Waals surface area contributed by atoms with Crippen molar-refractivity contribution < 1.29 is 9.59 Å². The summed E-state index contributed by atoms with van der Waals surface area (Å²) in [6.07, 6.45) is 1.69. The second kappa shape index (κ2) is 11.3. The standard InChI is InChI=1S/C31H33N5O2/c1-6-32-28(37)21-12-16-24(17-13-21)34-30-33-19-18-27(36-30)25-8-7-9-26(20(25)2)35-29(38)22-10-14-23(15-11-22)31(3,4)5/h7-19H,6H2,1-5H3,(H,32,37)(H,35,38)(H,33,34,36). The third-order valence-electron chi connectivity index (χ3n) is 6.27. The molecule has 1 heterocycles. The first-order valence-corrected chi connectivity index (χ1v) is 12.7. The molecule has 0 atom stereocenters. The maximum atomic E-state index is 13.0. The fourth-order valence-electron chi connectivity index (χ4n) is 4.03. The smallest absolute Gasteiger partial charge is 0.255 e. The number of carbonyl (C=O) groups is 2. The molecule has 38 heavy (non-hydrogen) atoms. The Bertz CT molecular complexity index is 1440. The van der Waals surface area contributed by atoms with Gasteiger partial charge in [-0.05, 0) is 78.9 Å². The first kappa shape index (κ1) is 26.5. The van der Waals surface area contributed by atoms with E-state index < -0.39 is 0 Å². The first-order valence-electron chi connectivity index (χ1n) is 12.7. The van der Waals surface area contributed by atoms with Crippen LogP contribution in [0.5, 0.6) is 0 Å². The fraction of sp³-hybridized carbons (Fsp3) is 0.226. The number of rotatable bonds is 7. The Balaban J connectivity index is 1.51. The third-order valence-corrected chi connectivity index (χ3v) is 6.27. The Morgan fingerprint density at radius 1 is 0.842 bits per heavy atom. The highest BCUT2D eigenvalue weighted by Gasteiger charge is 2.16. The van der Waals surface area contributed by atoms with Crippen molar-refractivity contribution in [3.63, 3.8) is 0 Å². The Kier molecular flexibility index (Phi) is 7.86. The molecule has 1 aromatic heterocycles. The summed E-state index contributed by atoms with van der Waals surface area (Å²) in [5, 5.41) is 9.02. The van der Waals surface area contributed by atoms with Gasteiger partial charge in [0.25, 0.3) is 11.8 Å². The zero-order valence-corrected chi connectivity index (χ0v) is 22.4. The third kappa shape index (κ3) is 6.24. The molecule has 0 saturated carbocycles. The number of hydrogen-bond acceptors (Lipinski definition) is 5. The van der Waals surface area contributed by atoms with Crippen LogP contribution in [0.1, 0.15) is 59.5 Å². The molecule has 0 aliphatic carbocycles. The van der Waals surface area contributed by atoms with Crippen molar-refractivity contribution in [2.24, 2.45) is 0 Å². The Morgan fingerprint density at radius 3 is 2.16 bits per heavy atom. The van der Waals surface area contributed by atoms with E-state index in [4.69, 9.17) is 0 Å². The van der Waals surface area contributed by atoms with E-state index in [1.165, 1.54) is 5.56 Å². The Morgan fingerprint density at radius 2 is 1.50 bits per heavy atom. The fourth-order valence-corrected chi connectivity index (χ4v) is 4.03. The van der Waals surface area contributed by atoms with Crippen LogP contribution in [0.15, 0.2) is 79.0 Å². The molecule has 3 aromatic carbocycles. The summed E-state index contributed by atoms with van der Waals surface area (Å²) in [4.78, 5) is 34.0. The van der Waals surface area contributed by atoms with Crippen molar-refractivity contribution in [1.82, 2.24) is 15.3 Å². The van der Waals surface area contributed by atoms with Crippen LogP contribution in [0.4, 0.5) is 17.3 Å². The molecule has 0 fully saturated rings. The molecule has 4 rings (SSSR count). The monoisotopic (exact) mass is 507 g/mol. The summed E-state index contributed by atoms with van der Waals surface area (Å²) in [6, 6.07) is 22.5. The maximum absolute atomic E-state index is 13.0. The molecule has 7 heteroatoms. The summed E-state index contributed by atoms with van der Waals surface area (Å²) in [5.74, 6) is 0.162. The summed E-state index contributed by atoms with van der Waals surface area (Å²) < 4.78 is 0. The Labute approximate surface area is 223 Å². The molecule has 0 aliphatic rings. The summed E-state index contributed by atoms with van der Waals surface area (Å²) in [5.41, 5.74) is 6.42. The highest BCUT2D eigenvalue weighted by atomic mass is 16.2. The van der Waals surface area contributed by atoms with Gasteiger partial charge in [0, 0.05) is 40.8 Å². The molecule has 3 N–H and O–H groups in total. The molecule has 0 bridgehead atoms. The molecule has 4 aromatic rings. The number of amides is 2. The first-order chi connectivity index (χ1) is 18.2. The van der Waals surface area contributed by atoms with Gasteiger partial charge < -0.3 is 16.0 Å². The van der Waals surface area contributed by atoms with Gasteiger partial charge in [-0.2, -0.15) is 0 Å². The van der Waals surface area contributed by atoms with Gasteiger partial charge in [0.05, 0.1) is 5.69 Å². The number of aromatic nitrogens is 2. The second-order valence-corrected chi connectivity index (χ2v) is 10.1. The molecule has 0 radical (unpaired) electrons. The second-order valence-electron chi connectivity index (χ2n) is 10.1. The van der Waals surface area contributed by atoms with Gasteiger partial charge in [-0.1, -0.05) is 45.0 Å². The van der Waals surface area contributed by atoms with Gasteiger partial charge in [0.1, 0.15) is 0 Å². The van der Waals surface area contributed by atoms with Crippen molar-refractivity contribution in [2.45, 2.75) is 40.0 Å². The van der Waals surface area contributed by atoms with Crippen molar-refractivity contribution >= 4 is 29.1 Å². The van der Waals surface area contributed by atoms with Crippen molar-refractivity contribution in [2.75, 3.05) is 17.2 Å². The lowest BCUT2D eigenvalue weighted by molar-refractivity contribution is 0.0955. The van der Waals surface area contributed by atoms with Crippen LogP contribution in [0.25, 0.3) is 11.3 Å². The molecule has 7 nitrogen and oxygen atoms in total. The molecule has 0 unspecified atom stereocenters. The van der Waals surface area contributed by atoms with Gasteiger partial charge in [-0.3, -0.25) is 9.59 Å². The van der Waals surface area contributed by atoms with Crippen molar-refractivity contribution in [3.05, 3.63) is 101 Å². The van der Waals surface area contributed by atoms with Gasteiger partial charge in [-0.15, -0.1) is 0 Å². The SMILES string of the molecule is CCNC(=O)c1ccc(Nc2nccc(-c3cccc(NC(=O)c4ccc(C(C)(C)C)cc4)c3C)n2)cc1. The largest absolute Gasteiger partial charge is 0.352 e. The predicted octanol–water partition coefficient (Wildman–Crippen LogP) is 6.50. The summed E-state index contributed by atoms with van der Waals surface area (Å²) >= 11 is 0. The van der Waals surface area contributed by atoms with Gasteiger partial charge >= 0.3 is 0 Å². The van der Waals surface area contributed by atoms with Crippen LogP contribution in [-0.4, -0.2) is 28.3 Å². The molecule has 0 aliphatic heterocycles. The van der Waals surface area contributed by atoms with E-state index >= 15 is 0 Å². The van der Waals surface area contributed by atoms with Crippen LogP contribution in [0.3, 0.4) is 0 Å². The quantitative estimate of drug-likeness (QED) is 0.266. The number of carbonyl (C=O) groups excluding carboxylic acids is 2. The molecule has 0 spiro atoms. The highest BCUT2D eigenvalue weighted by Crippen LogP contribution is 2.29. The van der Waals surface area contributed by atoms with Crippen LogP contribution < -0.4 is 16.0 Å². The topological polar surface area (TPSA) is 96.0 Å². The van der Waals surface area contributed by atoms with E-state index in [0.29, 0.717) is 23.6 Å². The highest BCUT2D eigenvalue weighted by molar-refractivity contribution is 6.05. The molecular formula is C31H33N5O2. The lowest BCUT2D eigenvalue weighted by atomic mass is 9.86. The molecular weight excluding hydrogens is 474 g/mol. The number of anilines is 3. The molecule has 0 saturated heterocycles. The van der Waals surface area contributed by atoms with Crippen LogP contribution in [0, 0.1) is 6.92 Å². The van der Waals surface area contributed by atoms with Gasteiger partial charge in [0.2, 0.25) is 5.95 Å². The van der Waals surface area contributed by atoms with Gasteiger partial charge in [-0.25, -0.2) is 9.97 Å². The van der Waals surface area contributed by atoms with Gasteiger partial charge in [0.15, 0.2) is 0 Å². The zero-order chi connectivity index (χ0) is 27.3. The number of nitrogens with zero attached hydrogens (tertiary/aromatic N) is 2. The number of nitrogens with one attached hydrogen (secondary N) is 3. The minimum atomic E-state index is -0.160. The molecule has 194 valence electrons.